The molecule has 0 heterocycles. The highest BCUT2D eigenvalue weighted by atomic mass is 31.2. The SMILES string of the molecule is CCOP(=O)(C/N=C(\C(=O)OC)C(C(=O)OC)=P(c1ccccc1)(c1ccccc1)c1ccccc1)OCC. The molecule has 0 N–H and O–H groups in total. The van der Waals surface area contributed by atoms with E-state index in [1.807, 2.05) is 91.0 Å². The normalized spacial score (nSPS) is 12.1. The number of aliphatic imine (C=N–C) groups is 1. The van der Waals surface area contributed by atoms with E-state index >= 15 is 0 Å². The number of benzene rings is 3. The van der Waals surface area contributed by atoms with Crippen LogP contribution in [0.4, 0.5) is 0 Å². The number of methoxy groups -OCH3 is 2. The van der Waals surface area contributed by atoms with Gasteiger partial charge < -0.3 is 18.5 Å². The van der Waals surface area contributed by atoms with E-state index < -0.39 is 32.7 Å². The fourth-order valence-electron chi connectivity index (χ4n) is 4.28. The molecule has 8 nitrogen and oxygen atoms in total. The average molecular weight is 570 g/mol. The first-order chi connectivity index (χ1) is 18.9. The maximum absolute atomic E-state index is 13.9. The summed E-state index contributed by atoms with van der Waals surface area (Å²) >= 11 is 0. The molecule has 10 heteroatoms. The van der Waals surface area contributed by atoms with E-state index in [9.17, 15) is 14.2 Å². The quantitative estimate of drug-likeness (QED) is 0.183. The zero-order valence-corrected chi connectivity index (χ0v) is 24.3. The summed E-state index contributed by atoms with van der Waals surface area (Å²) < 4.78 is 34.6. The van der Waals surface area contributed by atoms with Gasteiger partial charge in [0.15, 0.2) is 5.71 Å². The van der Waals surface area contributed by atoms with Crippen LogP contribution < -0.4 is 15.9 Å². The molecule has 0 atom stereocenters. The minimum atomic E-state index is -3.72. The van der Waals surface area contributed by atoms with Gasteiger partial charge in [-0.05, 0) is 36.6 Å². The third kappa shape index (κ3) is 6.66. The molecule has 39 heavy (non-hydrogen) atoms. The lowest BCUT2D eigenvalue weighted by molar-refractivity contribution is -0.134. The monoisotopic (exact) mass is 569 g/mol. The Hall–Kier alpha value is -3.28. The molecular formula is C29H33NO7P2. The Morgan fingerprint density at radius 3 is 1.38 bits per heavy atom. The molecule has 0 radical (unpaired) electrons. The van der Waals surface area contributed by atoms with Crippen molar-refractivity contribution in [1.29, 1.82) is 0 Å². The molecule has 3 aromatic carbocycles. The minimum absolute atomic E-state index is 0.0139. The lowest BCUT2D eigenvalue weighted by Gasteiger charge is -2.32. The largest absolute Gasteiger partial charge is 0.465 e. The van der Waals surface area contributed by atoms with Crippen molar-refractivity contribution in [3.63, 3.8) is 0 Å². The topological polar surface area (TPSA) is 100 Å². The molecular weight excluding hydrogens is 536 g/mol. The van der Waals surface area contributed by atoms with Crippen LogP contribution in [-0.4, -0.2) is 56.7 Å². The van der Waals surface area contributed by atoms with Crippen LogP contribution in [0.2, 0.25) is 0 Å². The van der Waals surface area contributed by atoms with E-state index in [1.54, 1.807) is 13.8 Å². The highest BCUT2D eigenvalue weighted by Crippen LogP contribution is 2.49. The maximum atomic E-state index is 13.9. The van der Waals surface area contributed by atoms with Crippen LogP contribution >= 0.6 is 14.5 Å². The molecule has 0 saturated carbocycles. The van der Waals surface area contributed by atoms with Gasteiger partial charge in [-0.2, -0.15) is 0 Å². The van der Waals surface area contributed by atoms with Crippen molar-refractivity contribution in [1.82, 2.24) is 0 Å². The average Bonchev–Trinajstić information content (AvgIpc) is 2.98. The van der Waals surface area contributed by atoms with Crippen molar-refractivity contribution in [3.8, 4) is 0 Å². The zero-order valence-electron chi connectivity index (χ0n) is 22.5. The van der Waals surface area contributed by atoms with Gasteiger partial charge in [-0.25, -0.2) is 9.59 Å². The van der Waals surface area contributed by atoms with Crippen LogP contribution in [0.1, 0.15) is 13.8 Å². The summed E-state index contributed by atoms with van der Waals surface area (Å²) in [4.78, 5) is 31.7. The first kappa shape index (κ1) is 30.3. The molecule has 3 rings (SSSR count). The van der Waals surface area contributed by atoms with Crippen LogP contribution in [0.15, 0.2) is 96.0 Å². The molecule has 0 unspecified atom stereocenters. The minimum Gasteiger partial charge on any atom is -0.465 e. The number of esters is 2. The first-order valence-corrected chi connectivity index (χ1v) is 15.9. The molecule has 0 aliphatic rings. The number of rotatable bonds is 12. The van der Waals surface area contributed by atoms with Crippen LogP contribution in [0.3, 0.4) is 0 Å². The highest BCUT2D eigenvalue weighted by molar-refractivity contribution is 7.98. The van der Waals surface area contributed by atoms with Crippen LogP contribution in [0.25, 0.3) is 0 Å². The predicted octanol–water partition coefficient (Wildman–Crippen LogP) is 4.16. The van der Waals surface area contributed by atoms with E-state index in [4.69, 9.17) is 18.5 Å². The summed E-state index contributed by atoms with van der Waals surface area (Å²) in [7, 11) is -1.27. The Kier molecular flexibility index (Phi) is 11.0. The fraction of sp³-hybridized carbons (Fsp3) is 0.241. The van der Waals surface area contributed by atoms with Gasteiger partial charge in [-0.1, -0.05) is 91.0 Å². The molecule has 0 aliphatic carbocycles. The van der Waals surface area contributed by atoms with Gasteiger partial charge in [0.1, 0.15) is 11.6 Å². The Morgan fingerprint density at radius 1 is 0.667 bits per heavy atom. The summed E-state index contributed by atoms with van der Waals surface area (Å²) in [5.41, 5.74) is -0.297. The van der Waals surface area contributed by atoms with Crippen LogP contribution in [0.5, 0.6) is 0 Å². The molecule has 0 saturated heterocycles. The number of carbonyl (C=O) groups excluding carboxylic acids is 2. The summed E-state index contributed by atoms with van der Waals surface area (Å²) in [5.74, 6) is -1.63. The Labute approximate surface area is 229 Å². The second-order valence-corrected chi connectivity index (χ2v) is 13.5. The third-order valence-corrected chi connectivity index (χ3v) is 11.9. The van der Waals surface area contributed by atoms with Gasteiger partial charge >= 0.3 is 19.5 Å². The molecule has 206 valence electrons. The summed E-state index contributed by atoms with van der Waals surface area (Å²) in [6.07, 6.45) is -0.488. The van der Waals surface area contributed by atoms with E-state index in [2.05, 4.69) is 4.99 Å². The Bertz CT molecular complexity index is 1280. The van der Waals surface area contributed by atoms with E-state index in [-0.39, 0.29) is 24.2 Å². The van der Waals surface area contributed by atoms with E-state index in [0.29, 0.717) is 0 Å². The number of hydrogen-bond acceptors (Lipinski definition) is 8. The lowest BCUT2D eigenvalue weighted by atomic mass is 10.2. The van der Waals surface area contributed by atoms with Gasteiger partial charge in [0, 0.05) is 0 Å². The van der Waals surface area contributed by atoms with E-state index in [1.165, 1.54) is 14.2 Å². The standard InChI is InChI=1S/C29H33NO7P2/c1-5-36-38(33,37-6-2)22-30-26(28(31)34-3)27(29(32)35-4)39(23-16-10-7-11-17-23,24-18-12-8-13-19-24)25-20-14-9-15-21-25/h7-21H,5-6,22H2,1-4H3/b30-26-. The molecule has 3 aromatic rings. The van der Waals surface area contributed by atoms with Gasteiger partial charge in [0.2, 0.25) is 0 Å². The molecule has 0 fully saturated rings. The summed E-state index contributed by atoms with van der Waals surface area (Å²) in [6, 6.07) is 28.4. The van der Waals surface area contributed by atoms with Crippen molar-refractivity contribution < 1.29 is 32.7 Å². The lowest BCUT2D eigenvalue weighted by Crippen LogP contribution is -2.41. The number of nitrogens with zero attached hydrogens (tertiary/aromatic N) is 1. The fourth-order valence-corrected chi connectivity index (χ4v) is 9.99. The molecule has 0 spiro atoms. The number of carbonyl (C=O) groups is 2. The predicted molar refractivity (Wildman–Crippen MR) is 157 cm³/mol. The Morgan fingerprint density at radius 2 is 1.05 bits per heavy atom. The van der Waals surface area contributed by atoms with Crippen LogP contribution in [-0.2, 0) is 32.7 Å². The molecule has 0 aromatic heterocycles. The van der Waals surface area contributed by atoms with Gasteiger partial charge in [0.25, 0.3) is 0 Å². The molecule has 0 amide bonds. The summed E-state index contributed by atoms with van der Waals surface area (Å²) in [6.45, 7) is 0.455. The molecule has 0 bridgehead atoms. The first-order valence-electron chi connectivity index (χ1n) is 12.4. The van der Waals surface area contributed by atoms with Gasteiger partial charge in [-0.15, -0.1) is 0 Å². The van der Waals surface area contributed by atoms with Gasteiger partial charge in [0.05, 0.1) is 27.4 Å². The second-order valence-electron chi connectivity index (χ2n) is 8.10. The smallest absolute Gasteiger partial charge is 0.357 e. The number of ether oxygens (including phenoxy) is 2. The van der Waals surface area contributed by atoms with Crippen molar-refractivity contribution >= 4 is 53.3 Å². The van der Waals surface area contributed by atoms with Crippen molar-refractivity contribution in [2.24, 2.45) is 4.99 Å². The van der Waals surface area contributed by atoms with E-state index in [0.717, 1.165) is 15.9 Å². The van der Waals surface area contributed by atoms with Crippen LogP contribution in [0, 0.1) is 0 Å². The maximum Gasteiger partial charge on any atom is 0.357 e. The zero-order chi connectivity index (χ0) is 28.3. The third-order valence-electron chi connectivity index (χ3n) is 5.80. The van der Waals surface area contributed by atoms with Gasteiger partial charge in [-0.3, -0.25) is 9.56 Å². The van der Waals surface area contributed by atoms with Crippen molar-refractivity contribution in [3.05, 3.63) is 91.0 Å². The van der Waals surface area contributed by atoms with Crippen molar-refractivity contribution in [2.75, 3.05) is 33.7 Å². The molecule has 0 aliphatic heterocycles. The summed E-state index contributed by atoms with van der Waals surface area (Å²) in [5, 5.41) is 2.38. The Balaban J connectivity index is 2.61. The highest BCUT2D eigenvalue weighted by Gasteiger charge is 2.39. The second kappa shape index (κ2) is 14.2. The van der Waals surface area contributed by atoms with Crippen molar-refractivity contribution in [2.45, 2.75) is 13.8 Å². The number of hydrogen-bond donors (Lipinski definition) is 0.